The highest BCUT2D eigenvalue weighted by atomic mass is 19.2. The molecule has 1 aromatic rings. The fourth-order valence-electron chi connectivity index (χ4n) is 3.33. The molecule has 0 aliphatic carbocycles. The predicted octanol–water partition coefficient (Wildman–Crippen LogP) is 3.62. The Morgan fingerprint density at radius 1 is 1.19 bits per heavy atom. The summed E-state index contributed by atoms with van der Waals surface area (Å²) in [6.45, 7) is 4.27. The van der Waals surface area contributed by atoms with Gasteiger partial charge in [-0.05, 0) is 62.5 Å². The molecule has 118 valence electrons. The van der Waals surface area contributed by atoms with Crippen molar-refractivity contribution < 1.29 is 13.2 Å². The molecule has 0 radical (unpaired) electrons. The zero-order valence-corrected chi connectivity index (χ0v) is 12.4. The van der Waals surface area contributed by atoms with Crippen molar-refractivity contribution in [2.45, 2.75) is 38.6 Å². The van der Waals surface area contributed by atoms with Crippen LogP contribution in [0.4, 0.5) is 13.2 Å². The van der Waals surface area contributed by atoms with E-state index in [1.807, 2.05) is 0 Å². The largest absolute Gasteiger partial charge is 0.330 e. The van der Waals surface area contributed by atoms with Crippen LogP contribution >= 0.6 is 0 Å². The highest BCUT2D eigenvalue weighted by Gasteiger charge is 2.31. The average Bonchev–Trinajstić information content (AvgIpc) is 2.66. The van der Waals surface area contributed by atoms with Crippen molar-refractivity contribution in [3.8, 4) is 0 Å². The number of nitrogens with zero attached hydrogens (tertiary/aromatic N) is 1. The van der Waals surface area contributed by atoms with Gasteiger partial charge in [0.1, 0.15) is 0 Å². The molecule has 21 heavy (non-hydrogen) atoms. The van der Waals surface area contributed by atoms with Crippen LogP contribution in [-0.4, -0.2) is 24.5 Å². The SMILES string of the molecule is CCCN1CCCCC(CN)C1c1cc(F)c(F)c(F)c1. The lowest BCUT2D eigenvalue weighted by Gasteiger charge is -2.35. The first-order valence-electron chi connectivity index (χ1n) is 7.67. The van der Waals surface area contributed by atoms with Gasteiger partial charge in [-0.1, -0.05) is 13.3 Å². The lowest BCUT2D eigenvalue weighted by molar-refractivity contribution is 0.157. The van der Waals surface area contributed by atoms with Crippen molar-refractivity contribution in [2.24, 2.45) is 11.7 Å². The smallest absolute Gasteiger partial charge is 0.194 e. The average molecular weight is 300 g/mol. The number of rotatable bonds is 4. The standard InChI is InChI=1S/C16H23F3N2/c1-2-6-21-7-4-3-5-11(10-20)16(21)12-8-13(17)15(19)14(18)9-12/h8-9,11,16H,2-7,10,20H2,1H3. The molecular weight excluding hydrogens is 277 g/mol. The van der Waals surface area contributed by atoms with E-state index in [-0.39, 0.29) is 12.0 Å². The minimum atomic E-state index is -1.40. The molecule has 2 rings (SSSR count). The molecule has 1 fully saturated rings. The molecule has 1 aromatic carbocycles. The molecule has 1 aliphatic rings. The van der Waals surface area contributed by atoms with Crippen molar-refractivity contribution in [1.82, 2.24) is 4.90 Å². The van der Waals surface area contributed by atoms with Crippen molar-refractivity contribution in [3.05, 3.63) is 35.1 Å². The Bertz CT molecular complexity index is 456. The number of hydrogen-bond acceptors (Lipinski definition) is 2. The fraction of sp³-hybridized carbons (Fsp3) is 0.625. The van der Waals surface area contributed by atoms with E-state index in [4.69, 9.17) is 5.73 Å². The maximum absolute atomic E-state index is 13.6. The highest BCUT2D eigenvalue weighted by molar-refractivity contribution is 5.24. The normalized spacial score (nSPS) is 24.0. The van der Waals surface area contributed by atoms with Gasteiger partial charge in [-0.2, -0.15) is 0 Å². The Kier molecular flexibility index (Phi) is 5.65. The third kappa shape index (κ3) is 3.58. The first kappa shape index (κ1) is 16.3. The molecule has 0 bridgehead atoms. The molecule has 2 unspecified atom stereocenters. The van der Waals surface area contributed by atoms with Crippen molar-refractivity contribution in [1.29, 1.82) is 0 Å². The Morgan fingerprint density at radius 3 is 2.43 bits per heavy atom. The van der Waals surface area contributed by atoms with Crippen LogP contribution in [0.15, 0.2) is 12.1 Å². The molecule has 2 nitrogen and oxygen atoms in total. The lowest BCUT2D eigenvalue weighted by atomic mass is 9.89. The molecule has 5 heteroatoms. The van der Waals surface area contributed by atoms with E-state index in [1.54, 1.807) is 0 Å². The van der Waals surface area contributed by atoms with Crippen LogP contribution in [0.25, 0.3) is 0 Å². The van der Waals surface area contributed by atoms with Gasteiger partial charge < -0.3 is 5.73 Å². The molecule has 2 atom stereocenters. The maximum Gasteiger partial charge on any atom is 0.194 e. The van der Waals surface area contributed by atoms with E-state index >= 15 is 0 Å². The first-order valence-corrected chi connectivity index (χ1v) is 7.67. The van der Waals surface area contributed by atoms with Gasteiger partial charge in [0, 0.05) is 6.04 Å². The van der Waals surface area contributed by atoms with Crippen molar-refractivity contribution in [3.63, 3.8) is 0 Å². The number of hydrogen-bond donors (Lipinski definition) is 1. The van der Waals surface area contributed by atoms with E-state index in [0.29, 0.717) is 12.1 Å². The predicted molar refractivity (Wildman–Crippen MR) is 77.3 cm³/mol. The zero-order valence-electron chi connectivity index (χ0n) is 12.4. The van der Waals surface area contributed by atoms with Crippen molar-refractivity contribution in [2.75, 3.05) is 19.6 Å². The summed E-state index contributed by atoms with van der Waals surface area (Å²) in [5, 5.41) is 0. The molecular formula is C16H23F3N2. The van der Waals surface area contributed by atoms with E-state index in [2.05, 4.69) is 11.8 Å². The van der Waals surface area contributed by atoms with Crippen LogP contribution in [0, 0.1) is 23.4 Å². The summed E-state index contributed by atoms with van der Waals surface area (Å²) in [5.74, 6) is -3.51. The Morgan fingerprint density at radius 2 is 1.86 bits per heavy atom. The molecule has 0 aromatic heterocycles. The van der Waals surface area contributed by atoms with Gasteiger partial charge in [0.05, 0.1) is 0 Å². The van der Waals surface area contributed by atoms with E-state index in [9.17, 15) is 13.2 Å². The first-order chi connectivity index (χ1) is 10.1. The quantitative estimate of drug-likeness (QED) is 0.861. The van der Waals surface area contributed by atoms with Crippen molar-refractivity contribution >= 4 is 0 Å². The summed E-state index contributed by atoms with van der Waals surface area (Å²) in [6, 6.07) is 2.11. The molecule has 1 heterocycles. The van der Waals surface area contributed by atoms with Crippen LogP contribution in [-0.2, 0) is 0 Å². The van der Waals surface area contributed by atoms with Gasteiger partial charge in [0.25, 0.3) is 0 Å². The topological polar surface area (TPSA) is 29.3 Å². The Hall–Kier alpha value is -1.07. The summed E-state index contributed by atoms with van der Waals surface area (Å²) in [4.78, 5) is 2.23. The van der Waals surface area contributed by atoms with Gasteiger partial charge in [-0.3, -0.25) is 4.90 Å². The van der Waals surface area contributed by atoms with E-state index in [0.717, 1.165) is 50.9 Å². The number of nitrogens with two attached hydrogens (primary N) is 1. The van der Waals surface area contributed by atoms with Gasteiger partial charge in [0.15, 0.2) is 17.5 Å². The maximum atomic E-state index is 13.6. The second-order valence-corrected chi connectivity index (χ2v) is 5.77. The minimum absolute atomic E-state index is 0.137. The van der Waals surface area contributed by atoms with Crippen LogP contribution in [0.3, 0.4) is 0 Å². The fourth-order valence-corrected chi connectivity index (χ4v) is 3.33. The Labute approximate surface area is 124 Å². The van der Waals surface area contributed by atoms with Crippen LogP contribution in [0.1, 0.15) is 44.2 Å². The van der Waals surface area contributed by atoms with Crippen LogP contribution < -0.4 is 5.73 Å². The number of benzene rings is 1. The molecule has 1 aliphatic heterocycles. The summed E-state index contributed by atoms with van der Waals surface area (Å²) < 4.78 is 40.3. The Balaban J connectivity index is 2.41. The summed E-state index contributed by atoms with van der Waals surface area (Å²) >= 11 is 0. The zero-order chi connectivity index (χ0) is 15.4. The van der Waals surface area contributed by atoms with Gasteiger partial charge in [0.2, 0.25) is 0 Å². The van der Waals surface area contributed by atoms with Gasteiger partial charge in [-0.15, -0.1) is 0 Å². The van der Waals surface area contributed by atoms with Gasteiger partial charge in [-0.25, -0.2) is 13.2 Å². The highest BCUT2D eigenvalue weighted by Crippen LogP contribution is 2.35. The van der Waals surface area contributed by atoms with E-state index < -0.39 is 17.5 Å². The number of likely N-dealkylation sites (tertiary alicyclic amines) is 1. The summed E-state index contributed by atoms with van der Waals surface area (Å²) in [6.07, 6.45) is 4.01. The van der Waals surface area contributed by atoms with Gasteiger partial charge >= 0.3 is 0 Å². The van der Waals surface area contributed by atoms with Crippen LogP contribution in [0.2, 0.25) is 0 Å². The second-order valence-electron chi connectivity index (χ2n) is 5.77. The lowest BCUT2D eigenvalue weighted by Crippen LogP contribution is -2.36. The molecule has 0 saturated carbocycles. The summed E-state index contributed by atoms with van der Waals surface area (Å²) in [7, 11) is 0. The molecule has 0 amide bonds. The molecule has 1 saturated heterocycles. The second kappa shape index (κ2) is 7.27. The third-order valence-corrected chi connectivity index (χ3v) is 4.27. The number of halogens is 3. The monoisotopic (exact) mass is 300 g/mol. The van der Waals surface area contributed by atoms with E-state index in [1.165, 1.54) is 0 Å². The molecule has 2 N–H and O–H groups in total. The minimum Gasteiger partial charge on any atom is -0.330 e. The molecule has 0 spiro atoms. The summed E-state index contributed by atoms with van der Waals surface area (Å²) in [5.41, 5.74) is 6.37. The van der Waals surface area contributed by atoms with Crippen LogP contribution in [0.5, 0.6) is 0 Å². The third-order valence-electron chi connectivity index (χ3n) is 4.27.